The molecular formula is C15H26N4O2. The Kier molecular flexibility index (Phi) is 5.76. The fourth-order valence-electron chi connectivity index (χ4n) is 2.27. The van der Waals surface area contributed by atoms with Crippen LogP contribution < -0.4 is 5.32 Å². The van der Waals surface area contributed by atoms with Crippen molar-refractivity contribution in [1.82, 2.24) is 19.8 Å². The number of carbonyl (C=O) groups excluding carboxylic acids is 1. The van der Waals surface area contributed by atoms with Crippen molar-refractivity contribution in [3.05, 3.63) is 18.2 Å². The Bertz CT molecular complexity index is 456. The van der Waals surface area contributed by atoms with Crippen LogP contribution in [0.5, 0.6) is 0 Å². The maximum atomic E-state index is 12.0. The first kappa shape index (κ1) is 16.0. The van der Waals surface area contributed by atoms with E-state index in [1.807, 2.05) is 31.8 Å². The Hall–Kier alpha value is -1.40. The summed E-state index contributed by atoms with van der Waals surface area (Å²) in [7, 11) is 4.04. The molecule has 2 rings (SSSR count). The Morgan fingerprint density at radius 2 is 2.38 bits per heavy atom. The first-order valence-electron chi connectivity index (χ1n) is 7.67. The van der Waals surface area contributed by atoms with E-state index < -0.39 is 0 Å². The van der Waals surface area contributed by atoms with Crippen molar-refractivity contribution in [1.29, 1.82) is 0 Å². The summed E-state index contributed by atoms with van der Waals surface area (Å²) >= 11 is 0. The van der Waals surface area contributed by atoms with Gasteiger partial charge < -0.3 is 14.6 Å². The van der Waals surface area contributed by atoms with Gasteiger partial charge in [-0.05, 0) is 33.2 Å². The molecule has 0 spiro atoms. The number of aromatic nitrogens is 2. The summed E-state index contributed by atoms with van der Waals surface area (Å²) in [5.41, 5.74) is 0. The van der Waals surface area contributed by atoms with Crippen molar-refractivity contribution in [2.24, 2.45) is 7.05 Å². The van der Waals surface area contributed by atoms with Crippen molar-refractivity contribution in [3.63, 3.8) is 0 Å². The van der Waals surface area contributed by atoms with E-state index in [2.05, 4.69) is 15.2 Å². The van der Waals surface area contributed by atoms with Gasteiger partial charge in [0, 0.05) is 32.0 Å². The van der Waals surface area contributed by atoms with Crippen LogP contribution in [-0.4, -0.2) is 52.7 Å². The third kappa shape index (κ3) is 5.13. The number of ether oxygens (including phenoxy) is 1. The summed E-state index contributed by atoms with van der Waals surface area (Å²) < 4.78 is 7.17. The van der Waals surface area contributed by atoms with Crippen LogP contribution in [0.1, 0.15) is 32.0 Å². The Labute approximate surface area is 126 Å². The van der Waals surface area contributed by atoms with E-state index in [9.17, 15) is 4.79 Å². The molecule has 0 aliphatic heterocycles. The molecule has 118 valence electrons. The first-order valence-corrected chi connectivity index (χ1v) is 7.67. The fraction of sp³-hybridized carbons (Fsp3) is 0.733. The van der Waals surface area contributed by atoms with E-state index in [1.54, 1.807) is 6.20 Å². The van der Waals surface area contributed by atoms with Crippen LogP contribution in [0.15, 0.2) is 12.4 Å². The molecule has 0 aromatic carbocycles. The highest BCUT2D eigenvalue weighted by atomic mass is 16.5. The summed E-state index contributed by atoms with van der Waals surface area (Å²) in [5, 5.41) is 3.38. The molecule has 1 aromatic heterocycles. The van der Waals surface area contributed by atoms with Gasteiger partial charge in [-0.25, -0.2) is 4.98 Å². The number of aryl methyl sites for hydroxylation is 1. The van der Waals surface area contributed by atoms with E-state index in [0.717, 1.165) is 25.3 Å². The number of rotatable bonds is 9. The van der Waals surface area contributed by atoms with Crippen LogP contribution in [0.2, 0.25) is 0 Å². The molecule has 0 saturated heterocycles. The molecule has 1 N–H and O–H groups in total. The van der Waals surface area contributed by atoms with Gasteiger partial charge in [-0.15, -0.1) is 0 Å². The lowest BCUT2D eigenvalue weighted by molar-refractivity contribution is -0.146. The highest BCUT2D eigenvalue weighted by molar-refractivity contribution is 5.75. The molecule has 1 fully saturated rings. The van der Waals surface area contributed by atoms with Crippen molar-refractivity contribution in [2.45, 2.75) is 44.8 Å². The van der Waals surface area contributed by atoms with Gasteiger partial charge in [0.05, 0.1) is 13.2 Å². The van der Waals surface area contributed by atoms with Crippen molar-refractivity contribution >= 4 is 5.97 Å². The number of nitrogens with one attached hydrogen (secondary N) is 1. The third-order valence-electron chi connectivity index (χ3n) is 3.72. The molecule has 1 unspecified atom stereocenters. The Morgan fingerprint density at radius 3 is 2.95 bits per heavy atom. The monoisotopic (exact) mass is 294 g/mol. The summed E-state index contributed by atoms with van der Waals surface area (Å²) in [4.78, 5) is 18.5. The molecule has 1 saturated carbocycles. The summed E-state index contributed by atoms with van der Waals surface area (Å²) in [5.74, 6) is 0.898. The lowest BCUT2D eigenvalue weighted by Crippen LogP contribution is -2.41. The second-order valence-corrected chi connectivity index (χ2v) is 5.73. The van der Waals surface area contributed by atoms with Crippen LogP contribution in [-0.2, 0) is 23.1 Å². The quantitative estimate of drug-likeness (QED) is 0.687. The van der Waals surface area contributed by atoms with Crippen LogP contribution in [0, 0.1) is 0 Å². The van der Waals surface area contributed by atoms with E-state index >= 15 is 0 Å². The number of hydrogen-bond donors (Lipinski definition) is 1. The number of carbonyl (C=O) groups is 1. The van der Waals surface area contributed by atoms with Gasteiger partial charge in [0.15, 0.2) is 0 Å². The number of esters is 1. The molecule has 6 nitrogen and oxygen atoms in total. The molecule has 1 heterocycles. The average molecular weight is 294 g/mol. The average Bonchev–Trinajstić information content (AvgIpc) is 3.18. The zero-order chi connectivity index (χ0) is 15.2. The van der Waals surface area contributed by atoms with Gasteiger partial charge in [-0.3, -0.25) is 9.69 Å². The highest BCUT2D eigenvalue weighted by Crippen LogP contribution is 2.20. The van der Waals surface area contributed by atoms with Crippen molar-refractivity contribution in [2.75, 3.05) is 20.2 Å². The largest absolute Gasteiger partial charge is 0.465 e. The van der Waals surface area contributed by atoms with Gasteiger partial charge in [0.1, 0.15) is 11.9 Å². The van der Waals surface area contributed by atoms with Crippen molar-refractivity contribution < 1.29 is 9.53 Å². The van der Waals surface area contributed by atoms with Crippen LogP contribution in [0.4, 0.5) is 0 Å². The predicted molar refractivity (Wildman–Crippen MR) is 80.7 cm³/mol. The van der Waals surface area contributed by atoms with Gasteiger partial charge in [-0.1, -0.05) is 0 Å². The normalized spacial score (nSPS) is 16.2. The standard InChI is InChI=1S/C15H26N4O2/c1-4-21-15(20)13(17-12-5-6-12)7-9-18(2)11-14-16-8-10-19(14)3/h8,10,12-13,17H,4-7,9,11H2,1-3H3. The van der Waals surface area contributed by atoms with Gasteiger partial charge in [0.25, 0.3) is 0 Å². The third-order valence-corrected chi connectivity index (χ3v) is 3.72. The molecule has 6 heteroatoms. The first-order chi connectivity index (χ1) is 10.1. The van der Waals surface area contributed by atoms with Gasteiger partial charge in [-0.2, -0.15) is 0 Å². The summed E-state index contributed by atoms with van der Waals surface area (Å²) in [6.07, 6.45) is 6.84. The predicted octanol–water partition coefficient (Wildman–Crippen LogP) is 0.926. The summed E-state index contributed by atoms with van der Waals surface area (Å²) in [6, 6.07) is 0.306. The number of hydrogen-bond acceptors (Lipinski definition) is 5. The minimum Gasteiger partial charge on any atom is -0.465 e. The van der Waals surface area contributed by atoms with Crippen LogP contribution >= 0.6 is 0 Å². The second-order valence-electron chi connectivity index (χ2n) is 5.73. The van der Waals surface area contributed by atoms with E-state index in [1.165, 1.54) is 12.8 Å². The van der Waals surface area contributed by atoms with Crippen LogP contribution in [0.3, 0.4) is 0 Å². The SMILES string of the molecule is CCOC(=O)C(CCN(C)Cc1nccn1C)NC1CC1. The maximum Gasteiger partial charge on any atom is 0.323 e. The molecule has 1 atom stereocenters. The van der Waals surface area contributed by atoms with E-state index in [-0.39, 0.29) is 12.0 Å². The van der Waals surface area contributed by atoms with E-state index in [4.69, 9.17) is 4.74 Å². The second kappa shape index (κ2) is 7.56. The van der Waals surface area contributed by atoms with Gasteiger partial charge in [0.2, 0.25) is 0 Å². The molecule has 1 aliphatic carbocycles. The zero-order valence-corrected chi connectivity index (χ0v) is 13.2. The maximum absolute atomic E-state index is 12.0. The summed E-state index contributed by atoms with van der Waals surface area (Å²) in [6.45, 7) is 3.89. The molecule has 21 heavy (non-hydrogen) atoms. The minimum atomic E-state index is -0.193. The van der Waals surface area contributed by atoms with Crippen molar-refractivity contribution in [3.8, 4) is 0 Å². The Balaban J connectivity index is 1.79. The van der Waals surface area contributed by atoms with Gasteiger partial charge >= 0.3 is 5.97 Å². The molecule has 1 aliphatic rings. The topological polar surface area (TPSA) is 59.4 Å². The molecular weight excluding hydrogens is 268 g/mol. The fourth-order valence-corrected chi connectivity index (χ4v) is 2.27. The smallest absolute Gasteiger partial charge is 0.323 e. The Morgan fingerprint density at radius 1 is 1.62 bits per heavy atom. The molecule has 1 aromatic rings. The van der Waals surface area contributed by atoms with E-state index in [0.29, 0.717) is 12.6 Å². The molecule has 0 amide bonds. The number of imidazole rings is 1. The van der Waals surface area contributed by atoms with Crippen LogP contribution in [0.25, 0.3) is 0 Å². The molecule has 0 bridgehead atoms. The zero-order valence-electron chi connectivity index (χ0n) is 13.2. The minimum absolute atomic E-state index is 0.130. The molecule has 0 radical (unpaired) electrons. The number of nitrogens with zero attached hydrogens (tertiary/aromatic N) is 3. The highest BCUT2D eigenvalue weighted by Gasteiger charge is 2.29. The lowest BCUT2D eigenvalue weighted by atomic mass is 10.2. The lowest BCUT2D eigenvalue weighted by Gasteiger charge is -2.21.